The first-order valence-electron chi connectivity index (χ1n) is 7.65. The Kier molecular flexibility index (Phi) is 4.95. The fourth-order valence-electron chi connectivity index (χ4n) is 2.48. The van der Waals surface area contributed by atoms with Crippen molar-refractivity contribution in [1.29, 1.82) is 0 Å². The van der Waals surface area contributed by atoms with Crippen molar-refractivity contribution in [1.82, 2.24) is 15.5 Å². The SMILES string of the molecule is COc1ccc(-c2noc(CNC(=O)C3CCCO3)n2)cc1OC. The first-order chi connectivity index (χ1) is 11.7. The molecule has 1 amide bonds. The van der Waals surface area contributed by atoms with Crippen molar-refractivity contribution in [3.8, 4) is 22.9 Å². The van der Waals surface area contributed by atoms with Crippen LogP contribution in [0.4, 0.5) is 0 Å². The van der Waals surface area contributed by atoms with Crippen molar-refractivity contribution in [2.75, 3.05) is 20.8 Å². The number of nitrogens with one attached hydrogen (secondary N) is 1. The molecule has 0 aliphatic carbocycles. The molecule has 24 heavy (non-hydrogen) atoms. The molecule has 1 saturated heterocycles. The van der Waals surface area contributed by atoms with Gasteiger partial charge in [-0.2, -0.15) is 4.98 Å². The van der Waals surface area contributed by atoms with Gasteiger partial charge in [0, 0.05) is 12.2 Å². The normalized spacial score (nSPS) is 16.8. The zero-order valence-corrected chi connectivity index (χ0v) is 13.6. The number of aromatic nitrogens is 2. The van der Waals surface area contributed by atoms with E-state index in [1.807, 2.05) is 0 Å². The highest BCUT2D eigenvalue weighted by Gasteiger charge is 2.23. The van der Waals surface area contributed by atoms with Crippen LogP contribution in [0.5, 0.6) is 11.5 Å². The third kappa shape index (κ3) is 3.48. The molecular formula is C16H19N3O5. The highest BCUT2D eigenvalue weighted by molar-refractivity contribution is 5.80. The van der Waals surface area contributed by atoms with E-state index in [9.17, 15) is 4.79 Å². The number of carbonyl (C=O) groups excluding carboxylic acids is 1. The van der Waals surface area contributed by atoms with Crippen LogP contribution in [-0.2, 0) is 16.1 Å². The lowest BCUT2D eigenvalue weighted by Gasteiger charge is -2.08. The van der Waals surface area contributed by atoms with E-state index in [-0.39, 0.29) is 18.6 Å². The third-order valence-electron chi connectivity index (χ3n) is 3.75. The lowest BCUT2D eigenvalue weighted by atomic mass is 10.2. The molecule has 1 aromatic heterocycles. The van der Waals surface area contributed by atoms with Gasteiger partial charge in [-0.1, -0.05) is 5.16 Å². The summed E-state index contributed by atoms with van der Waals surface area (Å²) in [6.45, 7) is 0.793. The molecule has 0 saturated carbocycles. The van der Waals surface area contributed by atoms with Gasteiger partial charge >= 0.3 is 0 Å². The minimum atomic E-state index is -0.377. The van der Waals surface area contributed by atoms with Crippen LogP contribution in [0.15, 0.2) is 22.7 Å². The number of hydrogen-bond donors (Lipinski definition) is 1. The summed E-state index contributed by atoms with van der Waals surface area (Å²) in [6, 6.07) is 5.34. The van der Waals surface area contributed by atoms with Gasteiger partial charge in [-0.15, -0.1) is 0 Å². The fourth-order valence-corrected chi connectivity index (χ4v) is 2.48. The van der Waals surface area contributed by atoms with Crippen molar-refractivity contribution in [3.63, 3.8) is 0 Å². The zero-order chi connectivity index (χ0) is 16.9. The molecule has 1 aliphatic heterocycles. The molecule has 128 valence electrons. The molecule has 1 aromatic carbocycles. The van der Waals surface area contributed by atoms with E-state index in [4.69, 9.17) is 18.7 Å². The Morgan fingerprint density at radius 3 is 2.88 bits per heavy atom. The Balaban J connectivity index is 1.65. The van der Waals surface area contributed by atoms with Gasteiger partial charge in [-0.3, -0.25) is 4.79 Å². The molecule has 0 radical (unpaired) electrons. The second-order valence-electron chi connectivity index (χ2n) is 5.30. The van der Waals surface area contributed by atoms with Crippen molar-refractivity contribution in [2.45, 2.75) is 25.5 Å². The van der Waals surface area contributed by atoms with Crippen molar-refractivity contribution in [3.05, 3.63) is 24.1 Å². The van der Waals surface area contributed by atoms with E-state index in [2.05, 4.69) is 15.5 Å². The summed E-state index contributed by atoms with van der Waals surface area (Å²) in [5, 5.41) is 6.67. The quantitative estimate of drug-likeness (QED) is 0.856. The predicted octanol–water partition coefficient (Wildman–Crippen LogP) is 1.55. The average Bonchev–Trinajstić information content (AvgIpc) is 3.30. The Morgan fingerprint density at radius 2 is 2.17 bits per heavy atom. The second-order valence-corrected chi connectivity index (χ2v) is 5.30. The van der Waals surface area contributed by atoms with Gasteiger partial charge in [0.15, 0.2) is 11.5 Å². The van der Waals surface area contributed by atoms with Gasteiger partial charge < -0.3 is 24.1 Å². The molecule has 2 heterocycles. The first-order valence-corrected chi connectivity index (χ1v) is 7.65. The van der Waals surface area contributed by atoms with Gasteiger partial charge in [0.2, 0.25) is 17.6 Å². The number of rotatable bonds is 6. The molecule has 1 unspecified atom stereocenters. The molecule has 1 atom stereocenters. The number of nitrogens with zero attached hydrogens (tertiary/aromatic N) is 2. The van der Waals surface area contributed by atoms with Gasteiger partial charge in [0.25, 0.3) is 0 Å². The minimum Gasteiger partial charge on any atom is -0.493 e. The fraction of sp³-hybridized carbons (Fsp3) is 0.438. The third-order valence-corrected chi connectivity index (χ3v) is 3.75. The highest BCUT2D eigenvalue weighted by Crippen LogP contribution is 2.31. The van der Waals surface area contributed by atoms with Crippen LogP contribution in [0.25, 0.3) is 11.4 Å². The van der Waals surface area contributed by atoms with Crippen LogP contribution in [0.1, 0.15) is 18.7 Å². The van der Waals surface area contributed by atoms with Gasteiger partial charge in [-0.25, -0.2) is 0 Å². The Hall–Kier alpha value is -2.61. The Bertz CT molecular complexity index is 709. The molecular weight excluding hydrogens is 314 g/mol. The molecule has 8 nitrogen and oxygen atoms in total. The van der Waals surface area contributed by atoms with Crippen LogP contribution >= 0.6 is 0 Å². The molecule has 0 spiro atoms. The number of hydrogen-bond acceptors (Lipinski definition) is 7. The number of amides is 1. The van der Waals surface area contributed by atoms with E-state index < -0.39 is 0 Å². The maximum absolute atomic E-state index is 11.9. The lowest BCUT2D eigenvalue weighted by molar-refractivity contribution is -0.130. The molecule has 1 aliphatic rings. The van der Waals surface area contributed by atoms with Gasteiger partial charge in [0.1, 0.15) is 6.10 Å². The molecule has 0 bridgehead atoms. The second kappa shape index (κ2) is 7.31. The number of carbonyl (C=O) groups is 1. The van der Waals surface area contributed by atoms with Crippen molar-refractivity contribution in [2.24, 2.45) is 0 Å². The van der Waals surface area contributed by atoms with Crippen molar-refractivity contribution < 1.29 is 23.5 Å². The Morgan fingerprint density at radius 1 is 1.33 bits per heavy atom. The summed E-state index contributed by atoms with van der Waals surface area (Å²) < 4.78 is 21.0. The van der Waals surface area contributed by atoms with Crippen LogP contribution in [0.2, 0.25) is 0 Å². The summed E-state index contributed by atoms with van der Waals surface area (Å²) in [6.07, 6.45) is 1.27. The number of methoxy groups -OCH3 is 2. The molecule has 1 fully saturated rings. The zero-order valence-electron chi connectivity index (χ0n) is 13.6. The van der Waals surface area contributed by atoms with Gasteiger partial charge in [0.05, 0.1) is 20.8 Å². The minimum absolute atomic E-state index is 0.154. The number of benzene rings is 1. The molecule has 2 aromatic rings. The predicted molar refractivity (Wildman–Crippen MR) is 83.7 cm³/mol. The van der Waals surface area contributed by atoms with E-state index in [0.717, 1.165) is 18.4 Å². The summed E-state index contributed by atoms with van der Waals surface area (Å²) in [5.41, 5.74) is 0.730. The van der Waals surface area contributed by atoms with Crippen LogP contribution in [-0.4, -0.2) is 43.0 Å². The standard InChI is InChI=1S/C16H19N3O5/c1-21-11-6-5-10(8-13(11)22-2)15-18-14(24-19-15)9-17-16(20)12-4-3-7-23-12/h5-6,8,12H,3-4,7,9H2,1-2H3,(H,17,20). The van der Waals surface area contributed by atoms with E-state index in [1.165, 1.54) is 0 Å². The van der Waals surface area contributed by atoms with E-state index in [1.54, 1.807) is 32.4 Å². The van der Waals surface area contributed by atoms with E-state index >= 15 is 0 Å². The monoisotopic (exact) mass is 333 g/mol. The van der Waals surface area contributed by atoms with Crippen LogP contribution < -0.4 is 14.8 Å². The lowest BCUT2D eigenvalue weighted by Crippen LogP contribution is -2.33. The molecule has 3 rings (SSSR count). The van der Waals surface area contributed by atoms with Crippen LogP contribution in [0.3, 0.4) is 0 Å². The number of ether oxygens (including phenoxy) is 3. The maximum Gasteiger partial charge on any atom is 0.249 e. The van der Waals surface area contributed by atoms with Crippen molar-refractivity contribution >= 4 is 5.91 Å². The summed E-state index contributed by atoms with van der Waals surface area (Å²) >= 11 is 0. The molecule has 1 N–H and O–H groups in total. The van der Waals surface area contributed by atoms with Crippen LogP contribution in [0, 0.1) is 0 Å². The summed E-state index contributed by atoms with van der Waals surface area (Å²) in [4.78, 5) is 16.2. The summed E-state index contributed by atoms with van der Waals surface area (Å²) in [7, 11) is 3.13. The van der Waals surface area contributed by atoms with E-state index in [0.29, 0.717) is 29.8 Å². The highest BCUT2D eigenvalue weighted by atomic mass is 16.5. The summed E-state index contributed by atoms with van der Waals surface area (Å²) in [5.74, 6) is 1.78. The average molecular weight is 333 g/mol. The van der Waals surface area contributed by atoms with Gasteiger partial charge in [-0.05, 0) is 31.0 Å². The first kappa shape index (κ1) is 16.3. The Labute approximate surface area is 139 Å². The molecule has 8 heteroatoms. The maximum atomic E-state index is 11.9. The smallest absolute Gasteiger partial charge is 0.249 e. The topological polar surface area (TPSA) is 95.7 Å². The largest absolute Gasteiger partial charge is 0.493 e.